The molecule has 0 spiro atoms. The molecular weight excluding hydrogens is 327 g/mol. The fraction of sp³-hybridized carbons (Fsp3) is 0.200. The van der Waals surface area contributed by atoms with Gasteiger partial charge in [-0.2, -0.15) is 0 Å². The van der Waals surface area contributed by atoms with E-state index in [1.54, 1.807) is 36.4 Å². The van der Waals surface area contributed by atoms with Crippen LogP contribution in [-0.2, 0) is 0 Å². The maximum absolute atomic E-state index is 14.1. The third-order valence-electron chi connectivity index (χ3n) is 3.17. The molecule has 0 bridgehead atoms. The Balaban J connectivity index is 2.07. The van der Waals surface area contributed by atoms with Crippen molar-refractivity contribution in [2.24, 2.45) is 0 Å². The van der Waals surface area contributed by atoms with Gasteiger partial charge in [-0.25, -0.2) is 4.39 Å². The van der Waals surface area contributed by atoms with Crippen LogP contribution in [0.2, 0.25) is 0 Å². The van der Waals surface area contributed by atoms with Gasteiger partial charge < -0.3 is 14.6 Å². The Morgan fingerprint density at radius 3 is 2.60 bits per heavy atom. The van der Waals surface area contributed by atoms with Crippen molar-refractivity contribution in [2.45, 2.75) is 6.10 Å². The summed E-state index contributed by atoms with van der Waals surface area (Å²) in [6.45, 7) is 0.884. The molecule has 1 heterocycles. The highest BCUT2D eigenvalue weighted by atomic mass is 79.9. The third kappa shape index (κ3) is 2.27. The zero-order valence-corrected chi connectivity index (χ0v) is 12.1. The molecule has 3 nitrogen and oxygen atoms in total. The van der Waals surface area contributed by atoms with Crippen LogP contribution in [0, 0.1) is 5.82 Å². The second kappa shape index (κ2) is 5.42. The summed E-state index contributed by atoms with van der Waals surface area (Å²) >= 11 is 3.12. The first-order valence-corrected chi connectivity index (χ1v) is 6.98. The first kappa shape index (κ1) is 13.4. The SMILES string of the molecule is OC(c1cccc(Br)c1F)c1cccc2c1OCCO2. The van der Waals surface area contributed by atoms with Crippen LogP contribution in [-0.4, -0.2) is 18.3 Å². The van der Waals surface area contributed by atoms with Crippen LogP contribution in [0.4, 0.5) is 4.39 Å². The Labute approximate surface area is 124 Å². The fourth-order valence-electron chi connectivity index (χ4n) is 2.21. The van der Waals surface area contributed by atoms with E-state index in [1.165, 1.54) is 0 Å². The van der Waals surface area contributed by atoms with Crippen molar-refractivity contribution in [3.8, 4) is 11.5 Å². The van der Waals surface area contributed by atoms with Gasteiger partial charge in [-0.3, -0.25) is 0 Å². The Kier molecular flexibility index (Phi) is 3.63. The van der Waals surface area contributed by atoms with Gasteiger partial charge in [0.15, 0.2) is 11.5 Å². The monoisotopic (exact) mass is 338 g/mol. The lowest BCUT2D eigenvalue weighted by atomic mass is 9.99. The van der Waals surface area contributed by atoms with Gasteiger partial charge in [0, 0.05) is 11.1 Å². The number of hydrogen-bond acceptors (Lipinski definition) is 3. The lowest BCUT2D eigenvalue weighted by Crippen LogP contribution is -2.17. The first-order chi connectivity index (χ1) is 9.68. The predicted molar refractivity (Wildman–Crippen MR) is 75.6 cm³/mol. The molecule has 1 N–H and O–H groups in total. The number of para-hydroxylation sites is 1. The number of aliphatic hydroxyl groups is 1. The molecule has 1 unspecified atom stereocenters. The van der Waals surface area contributed by atoms with Crippen molar-refractivity contribution in [2.75, 3.05) is 13.2 Å². The van der Waals surface area contributed by atoms with E-state index in [1.807, 2.05) is 0 Å². The van der Waals surface area contributed by atoms with Gasteiger partial charge in [-0.1, -0.05) is 24.3 Å². The van der Waals surface area contributed by atoms with Crippen LogP contribution in [0.1, 0.15) is 17.2 Å². The maximum Gasteiger partial charge on any atom is 0.167 e. The minimum Gasteiger partial charge on any atom is -0.486 e. The normalized spacial score (nSPS) is 14.9. The average molecular weight is 339 g/mol. The second-order valence-electron chi connectivity index (χ2n) is 4.42. The Morgan fingerprint density at radius 1 is 1.05 bits per heavy atom. The Hall–Kier alpha value is -1.59. The van der Waals surface area contributed by atoms with Gasteiger partial charge in [0.05, 0.1) is 4.47 Å². The van der Waals surface area contributed by atoms with Crippen molar-refractivity contribution in [1.82, 2.24) is 0 Å². The largest absolute Gasteiger partial charge is 0.486 e. The summed E-state index contributed by atoms with van der Waals surface area (Å²) in [5.41, 5.74) is 0.696. The van der Waals surface area contributed by atoms with E-state index >= 15 is 0 Å². The highest BCUT2D eigenvalue weighted by Gasteiger charge is 2.24. The van der Waals surface area contributed by atoms with Crippen LogP contribution >= 0.6 is 15.9 Å². The van der Waals surface area contributed by atoms with E-state index in [0.29, 0.717) is 34.7 Å². The van der Waals surface area contributed by atoms with Crippen molar-refractivity contribution >= 4 is 15.9 Å². The molecule has 0 saturated carbocycles. The van der Waals surface area contributed by atoms with E-state index in [0.717, 1.165) is 0 Å². The quantitative estimate of drug-likeness (QED) is 0.911. The number of ether oxygens (including phenoxy) is 2. The average Bonchev–Trinajstić information content (AvgIpc) is 2.49. The van der Waals surface area contributed by atoms with Crippen LogP contribution < -0.4 is 9.47 Å². The van der Waals surface area contributed by atoms with Crippen molar-refractivity contribution < 1.29 is 19.0 Å². The Bertz CT molecular complexity index is 645. The van der Waals surface area contributed by atoms with Crippen LogP contribution in [0.5, 0.6) is 11.5 Å². The molecular formula is C15H12BrFO3. The molecule has 0 fully saturated rings. The molecule has 0 aromatic heterocycles. The van der Waals surface area contributed by atoms with Crippen LogP contribution in [0.15, 0.2) is 40.9 Å². The molecule has 2 aromatic rings. The molecule has 20 heavy (non-hydrogen) atoms. The second-order valence-corrected chi connectivity index (χ2v) is 5.27. The van der Waals surface area contributed by atoms with E-state index in [2.05, 4.69) is 15.9 Å². The molecule has 0 saturated heterocycles. The standard InChI is InChI=1S/C15H12BrFO3/c16-11-5-1-3-9(13(11)17)14(18)10-4-2-6-12-15(10)20-8-7-19-12/h1-6,14,18H,7-8H2. The van der Waals surface area contributed by atoms with Crippen molar-refractivity contribution in [3.63, 3.8) is 0 Å². The molecule has 2 aromatic carbocycles. The zero-order chi connectivity index (χ0) is 14.1. The van der Waals surface area contributed by atoms with Crippen molar-refractivity contribution in [1.29, 1.82) is 0 Å². The minimum atomic E-state index is -1.11. The topological polar surface area (TPSA) is 38.7 Å². The van der Waals surface area contributed by atoms with E-state index in [9.17, 15) is 9.50 Å². The van der Waals surface area contributed by atoms with Gasteiger partial charge in [-0.15, -0.1) is 0 Å². The predicted octanol–water partition coefficient (Wildman–Crippen LogP) is 3.44. The number of rotatable bonds is 2. The molecule has 1 aliphatic rings. The zero-order valence-electron chi connectivity index (χ0n) is 10.5. The third-order valence-corrected chi connectivity index (χ3v) is 3.78. The molecule has 0 aliphatic carbocycles. The van der Waals surface area contributed by atoms with Crippen molar-refractivity contribution in [3.05, 3.63) is 57.8 Å². The minimum absolute atomic E-state index is 0.196. The van der Waals surface area contributed by atoms with Gasteiger partial charge in [0.1, 0.15) is 25.1 Å². The fourth-order valence-corrected chi connectivity index (χ4v) is 2.59. The number of fused-ring (bicyclic) bond motifs is 1. The highest BCUT2D eigenvalue weighted by molar-refractivity contribution is 9.10. The maximum atomic E-state index is 14.1. The van der Waals surface area contributed by atoms with Gasteiger partial charge in [0.25, 0.3) is 0 Å². The van der Waals surface area contributed by atoms with Gasteiger partial charge in [-0.05, 0) is 28.1 Å². The molecule has 0 amide bonds. The smallest absolute Gasteiger partial charge is 0.167 e. The van der Waals surface area contributed by atoms with Crippen LogP contribution in [0.3, 0.4) is 0 Å². The number of hydrogen-bond donors (Lipinski definition) is 1. The lowest BCUT2D eigenvalue weighted by molar-refractivity contribution is 0.157. The summed E-state index contributed by atoms with van der Waals surface area (Å²) in [6.07, 6.45) is -1.11. The van der Waals surface area contributed by atoms with Crippen LogP contribution in [0.25, 0.3) is 0 Å². The molecule has 1 aliphatic heterocycles. The molecule has 3 rings (SSSR count). The van der Waals surface area contributed by atoms with E-state index in [-0.39, 0.29) is 5.56 Å². The first-order valence-electron chi connectivity index (χ1n) is 6.19. The molecule has 104 valence electrons. The summed E-state index contributed by atoms with van der Waals surface area (Å²) in [5.74, 6) is 0.572. The van der Waals surface area contributed by atoms with E-state index < -0.39 is 11.9 Å². The summed E-state index contributed by atoms with van der Waals surface area (Å²) in [5, 5.41) is 10.5. The lowest BCUT2D eigenvalue weighted by Gasteiger charge is -2.23. The number of halogens is 2. The summed E-state index contributed by atoms with van der Waals surface area (Å²) in [4.78, 5) is 0. The molecule has 0 radical (unpaired) electrons. The summed E-state index contributed by atoms with van der Waals surface area (Å²) in [6, 6.07) is 10.0. The molecule has 1 atom stereocenters. The van der Waals surface area contributed by atoms with Gasteiger partial charge >= 0.3 is 0 Å². The summed E-state index contributed by atoms with van der Waals surface area (Å²) in [7, 11) is 0. The van der Waals surface area contributed by atoms with Gasteiger partial charge in [0.2, 0.25) is 0 Å². The molecule has 5 heteroatoms. The van der Waals surface area contributed by atoms with E-state index in [4.69, 9.17) is 9.47 Å². The number of aliphatic hydroxyl groups excluding tert-OH is 1. The Morgan fingerprint density at radius 2 is 1.75 bits per heavy atom. The number of benzene rings is 2. The summed E-state index contributed by atoms with van der Waals surface area (Å²) < 4.78 is 25.4. The highest BCUT2D eigenvalue weighted by Crippen LogP contribution is 2.40.